The number of aromatic nitrogens is 3. The number of hydrogen-bond acceptors (Lipinski definition) is 5. The van der Waals surface area contributed by atoms with E-state index in [1.54, 1.807) is 12.4 Å². The molecule has 1 fully saturated rings. The van der Waals surface area contributed by atoms with Crippen LogP contribution in [-0.2, 0) is 0 Å². The van der Waals surface area contributed by atoms with Crippen molar-refractivity contribution >= 4 is 17.0 Å². The van der Waals surface area contributed by atoms with Gasteiger partial charge in [0.25, 0.3) is 0 Å². The van der Waals surface area contributed by atoms with E-state index in [0.717, 1.165) is 49.2 Å². The molecule has 1 aliphatic carbocycles. The lowest BCUT2D eigenvalue weighted by Gasteiger charge is -2.36. The first kappa shape index (κ1) is 13.2. The molecule has 20 heavy (non-hydrogen) atoms. The third-order valence-corrected chi connectivity index (χ3v) is 4.13. The molecule has 1 saturated carbocycles. The van der Waals surface area contributed by atoms with E-state index >= 15 is 0 Å². The highest BCUT2D eigenvalue weighted by Gasteiger charge is 2.24. The zero-order valence-corrected chi connectivity index (χ0v) is 11.9. The fraction of sp³-hybridized carbons (Fsp3) is 0.533. The van der Waals surface area contributed by atoms with Crippen molar-refractivity contribution in [1.29, 1.82) is 0 Å². The van der Waals surface area contributed by atoms with Crippen LogP contribution in [0.15, 0.2) is 24.5 Å². The van der Waals surface area contributed by atoms with Crippen molar-refractivity contribution < 1.29 is 0 Å². The summed E-state index contributed by atoms with van der Waals surface area (Å²) in [6.07, 6.45) is 7.90. The van der Waals surface area contributed by atoms with Gasteiger partial charge in [0.15, 0.2) is 5.65 Å². The molecule has 0 atom stereocenters. The van der Waals surface area contributed by atoms with E-state index in [4.69, 9.17) is 5.73 Å². The molecule has 0 unspecified atom stereocenters. The van der Waals surface area contributed by atoms with Crippen LogP contribution in [0.25, 0.3) is 11.2 Å². The summed E-state index contributed by atoms with van der Waals surface area (Å²) in [6, 6.07) is 4.97. The number of nitrogens with zero attached hydrogens (tertiary/aromatic N) is 4. The Hall–Kier alpha value is -1.75. The van der Waals surface area contributed by atoms with Crippen LogP contribution in [0.3, 0.4) is 0 Å². The second-order valence-electron chi connectivity index (χ2n) is 5.42. The number of nitrogens with two attached hydrogens (primary N) is 1. The van der Waals surface area contributed by atoms with E-state index in [-0.39, 0.29) is 0 Å². The van der Waals surface area contributed by atoms with Crippen molar-refractivity contribution in [3.63, 3.8) is 0 Å². The van der Waals surface area contributed by atoms with Crippen molar-refractivity contribution in [1.82, 2.24) is 15.0 Å². The highest BCUT2D eigenvalue weighted by atomic mass is 15.2. The Morgan fingerprint density at radius 1 is 1.15 bits per heavy atom. The first-order valence-electron chi connectivity index (χ1n) is 7.38. The Labute approximate surface area is 119 Å². The normalized spacial score (nSPS) is 22.9. The molecule has 106 valence electrons. The van der Waals surface area contributed by atoms with Gasteiger partial charge >= 0.3 is 0 Å². The summed E-state index contributed by atoms with van der Waals surface area (Å²) >= 11 is 0. The number of fused-ring (bicyclic) bond motifs is 1. The molecule has 0 radical (unpaired) electrons. The van der Waals surface area contributed by atoms with Crippen molar-refractivity contribution in [3.8, 4) is 0 Å². The van der Waals surface area contributed by atoms with Gasteiger partial charge in [0.05, 0.1) is 0 Å². The van der Waals surface area contributed by atoms with Crippen LogP contribution in [0.1, 0.15) is 32.6 Å². The van der Waals surface area contributed by atoms with Gasteiger partial charge in [0.1, 0.15) is 11.3 Å². The van der Waals surface area contributed by atoms with Crippen LogP contribution in [0.5, 0.6) is 0 Å². The summed E-state index contributed by atoms with van der Waals surface area (Å²) in [5, 5.41) is 0. The van der Waals surface area contributed by atoms with Crippen LogP contribution in [-0.4, -0.2) is 33.6 Å². The molecule has 0 amide bonds. The standard InChI is InChI=1S/C15H21N5/c1-2-20(12-5-3-11(16)4-6-12)14-8-7-13-15(19-14)18-10-9-17-13/h7-12H,2-6,16H2,1H3. The summed E-state index contributed by atoms with van der Waals surface area (Å²) in [5.41, 5.74) is 7.56. The highest BCUT2D eigenvalue weighted by molar-refractivity contribution is 5.71. The van der Waals surface area contributed by atoms with E-state index in [9.17, 15) is 0 Å². The van der Waals surface area contributed by atoms with Crippen LogP contribution >= 0.6 is 0 Å². The Balaban J connectivity index is 1.87. The second kappa shape index (κ2) is 5.71. The lowest BCUT2D eigenvalue weighted by Crippen LogP contribution is -2.41. The Bertz CT molecular complexity index is 577. The first-order chi connectivity index (χ1) is 9.78. The summed E-state index contributed by atoms with van der Waals surface area (Å²) in [4.78, 5) is 15.6. The fourth-order valence-corrected chi connectivity index (χ4v) is 3.02. The minimum atomic E-state index is 0.375. The molecule has 2 heterocycles. The predicted molar refractivity (Wildman–Crippen MR) is 80.6 cm³/mol. The van der Waals surface area contributed by atoms with Gasteiger partial charge in [-0.15, -0.1) is 0 Å². The van der Waals surface area contributed by atoms with Crippen LogP contribution in [0, 0.1) is 0 Å². The summed E-state index contributed by atoms with van der Waals surface area (Å²) < 4.78 is 0. The van der Waals surface area contributed by atoms with Gasteiger partial charge in [-0.1, -0.05) is 0 Å². The molecular formula is C15H21N5. The van der Waals surface area contributed by atoms with Gasteiger partial charge in [0, 0.05) is 31.0 Å². The molecule has 3 rings (SSSR count). The number of pyridine rings is 1. The van der Waals surface area contributed by atoms with Crippen LogP contribution in [0.4, 0.5) is 5.82 Å². The average molecular weight is 271 g/mol. The third kappa shape index (κ3) is 2.58. The molecule has 0 saturated heterocycles. The second-order valence-corrected chi connectivity index (χ2v) is 5.42. The number of anilines is 1. The largest absolute Gasteiger partial charge is 0.354 e. The van der Waals surface area contributed by atoms with Crippen LogP contribution < -0.4 is 10.6 Å². The van der Waals surface area contributed by atoms with E-state index in [1.807, 2.05) is 6.07 Å². The van der Waals surface area contributed by atoms with Crippen molar-refractivity contribution in [2.45, 2.75) is 44.7 Å². The maximum atomic E-state index is 6.00. The van der Waals surface area contributed by atoms with E-state index < -0.39 is 0 Å². The molecule has 0 bridgehead atoms. The van der Waals surface area contributed by atoms with Crippen molar-refractivity contribution in [3.05, 3.63) is 24.5 Å². The van der Waals surface area contributed by atoms with Gasteiger partial charge in [0.2, 0.25) is 0 Å². The molecule has 5 nitrogen and oxygen atoms in total. The molecule has 0 aliphatic heterocycles. The number of rotatable bonds is 3. The van der Waals surface area contributed by atoms with Crippen molar-refractivity contribution in [2.24, 2.45) is 5.73 Å². The maximum Gasteiger partial charge on any atom is 0.180 e. The van der Waals surface area contributed by atoms with Gasteiger partial charge in [-0.3, -0.25) is 4.98 Å². The maximum absolute atomic E-state index is 6.00. The molecule has 5 heteroatoms. The first-order valence-corrected chi connectivity index (χ1v) is 7.38. The van der Waals surface area contributed by atoms with Gasteiger partial charge in [-0.2, -0.15) is 0 Å². The Morgan fingerprint density at radius 3 is 2.65 bits per heavy atom. The van der Waals surface area contributed by atoms with E-state index in [1.165, 1.54) is 0 Å². The summed E-state index contributed by atoms with van der Waals surface area (Å²) in [7, 11) is 0. The zero-order chi connectivity index (χ0) is 13.9. The molecular weight excluding hydrogens is 250 g/mol. The SMILES string of the molecule is CCN(c1ccc2nccnc2n1)C1CCC(N)CC1. The monoisotopic (exact) mass is 271 g/mol. The fourth-order valence-electron chi connectivity index (χ4n) is 3.02. The van der Waals surface area contributed by atoms with Crippen molar-refractivity contribution in [2.75, 3.05) is 11.4 Å². The predicted octanol–water partition coefficient (Wildman–Crippen LogP) is 2.12. The molecule has 2 aromatic heterocycles. The minimum Gasteiger partial charge on any atom is -0.354 e. The Morgan fingerprint density at radius 2 is 1.90 bits per heavy atom. The quantitative estimate of drug-likeness (QED) is 0.926. The summed E-state index contributed by atoms with van der Waals surface area (Å²) in [5.74, 6) is 1.00. The molecule has 2 aromatic rings. The molecule has 1 aliphatic rings. The number of hydrogen-bond donors (Lipinski definition) is 1. The van der Waals surface area contributed by atoms with Gasteiger partial charge < -0.3 is 10.6 Å². The topological polar surface area (TPSA) is 67.9 Å². The molecule has 0 spiro atoms. The molecule has 0 aromatic carbocycles. The zero-order valence-electron chi connectivity index (χ0n) is 11.9. The summed E-state index contributed by atoms with van der Waals surface area (Å²) in [6.45, 7) is 3.13. The third-order valence-electron chi connectivity index (χ3n) is 4.13. The van der Waals surface area contributed by atoms with Gasteiger partial charge in [-0.05, 0) is 44.7 Å². The highest BCUT2D eigenvalue weighted by Crippen LogP contribution is 2.26. The van der Waals surface area contributed by atoms with E-state index in [2.05, 4.69) is 32.8 Å². The van der Waals surface area contributed by atoms with Gasteiger partial charge in [-0.25, -0.2) is 9.97 Å². The molecule has 2 N–H and O–H groups in total. The van der Waals surface area contributed by atoms with Crippen LogP contribution in [0.2, 0.25) is 0 Å². The lowest BCUT2D eigenvalue weighted by molar-refractivity contribution is 0.377. The average Bonchev–Trinajstić information content (AvgIpc) is 2.50. The lowest BCUT2D eigenvalue weighted by atomic mass is 9.90. The smallest absolute Gasteiger partial charge is 0.180 e. The Kier molecular flexibility index (Phi) is 3.78. The minimum absolute atomic E-state index is 0.375. The van der Waals surface area contributed by atoms with E-state index in [0.29, 0.717) is 12.1 Å².